The van der Waals surface area contributed by atoms with Crippen molar-refractivity contribution in [1.82, 2.24) is 14.9 Å². The van der Waals surface area contributed by atoms with E-state index in [1.165, 1.54) is 0 Å². The van der Waals surface area contributed by atoms with Crippen molar-refractivity contribution in [2.45, 2.75) is 37.7 Å². The van der Waals surface area contributed by atoms with Crippen LogP contribution in [0.2, 0.25) is 0 Å². The van der Waals surface area contributed by atoms with Gasteiger partial charge in [0.1, 0.15) is 18.0 Å². The molecule has 4 aromatic rings. The van der Waals surface area contributed by atoms with Crippen LogP contribution in [0.1, 0.15) is 25.3 Å². The molecule has 0 aliphatic carbocycles. The summed E-state index contributed by atoms with van der Waals surface area (Å²) in [4.78, 5) is 10.7. The highest BCUT2D eigenvalue weighted by Crippen LogP contribution is 2.39. The quantitative estimate of drug-likeness (QED) is 0.398. The number of nitrogens with one attached hydrogen (secondary N) is 1. The van der Waals surface area contributed by atoms with E-state index in [9.17, 15) is 13.5 Å². The molecule has 7 nitrogen and oxygen atoms in total. The maximum absolute atomic E-state index is 12.5. The topological polar surface area (TPSA) is 95.5 Å². The third-order valence-corrected chi connectivity index (χ3v) is 8.54. The second-order valence-corrected chi connectivity index (χ2v) is 11.5. The number of nitrogens with zero attached hydrogens (tertiary/aromatic N) is 2. The number of rotatable bonds is 7. The van der Waals surface area contributed by atoms with E-state index in [1.807, 2.05) is 31.3 Å². The Balaban J connectivity index is 1.54. The molecule has 1 fully saturated rings. The van der Waals surface area contributed by atoms with Gasteiger partial charge in [-0.25, -0.2) is 13.4 Å². The molecule has 35 heavy (non-hydrogen) atoms. The van der Waals surface area contributed by atoms with E-state index in [0.29, 0.717) is 11.5 Å². The maximum atomic E-state index is 12.5. The minimum absolute atomic E-state index is 0.0603. The van der Waals surface area contributed by atoms with Crippen molar-refractivity contribution in [3.63, 3.8) is 0 Å². The first-order valence-corrected chi connectivity index (χ1v) is 13.8. The number of hydrogen-bond acceptors (Lipinski definition) is 6. The predicted molar refractivity (Wildman–Crippen MR) is 139 cm³/mol. The number of H-pyrrole nitrogens is 1. The van der Waals surface area contributed by atoms with Gasteiger partial charge in [-0.3, -0.25) is 4.90 Å². The molecule has 8 heteroatoms. The van der Waals surface area contributed by atoms with Gasteiger partial charge in [-0.2, -0.15) is 0 Å². The molecule has 0 saturated carbocycles. The van der Waals surface area contributed by atoms with Gasteiger partial charge >= 0.3 is 0 Å². The standard InChI is InChI=1S/C27H31N3O4S/c1-3-35(32,33)21-6-4-5-19(16-21)22-7-8-24(34-14-13-30-11-9-20(31)10-12-30)26-25(22)23-15-18(2)17-28-27(23)29-26/h4-8,15-17,20,31H,3,9-14H2,1-2H3,(H,28,29). The van der Waals surface area contributed by atoms with E-state index < -0.39 is 9.84 Å². The lowest BCUT2D eigenvalue weighted by molar-refractivity contribution is 0.0756. The van der Waals surface area contributed by atoms with E-state index >= 15 is 0 Å². The highest BCUT2D eigenvalue weighted by atomic mass is 32.2. The molecule has 0 radical (unpaired) electrons. The Morgan fingerprint density at radius 2 is 1.97 bits per heavy atom. The van der Waals surface area contributed by atoms with Crippen molar-refractivity contribution in [3.8, 4) is 16.9 Å². The lowest BCUT2D eigenvalue weighted by Gasteiger charge is -2.29. The number of sulfone groups is 1. The van der Waals surface area contributed by atoms with Crippen LogP contribution in [0.5, 0.6) is 5.75 Å². The number of fused-ring (bicyclic) bond motifs is 3. The van der Waals surface area contributed by atoms with Crippen molar-refractivity contribution < 1.29 is 18.3 Å². The molecule has 0 spiro atoms. The monoisotopic (exact) mass is 493 g/mol. The SMILES string of the molecule is CCS(=O)(=O)c1cccc(-c2ccc(OCCN3CCC(O)CC3)c3[nH]c4ncc(C)cc4c23)c1. The average Bonchev–Trinajstić information content (AvgIpc) is 3.24. The van der Waals surface area contributed by atoms with Crippen LogP contribution in [0.15, 0.2) is 53.6 Å². The fourth-order valence-corrected chi connectivity index (χ4v) is 5.70. The fourth-order valence-electron chi connectivity index (χ4n) is 4.78. The largest absolute Gasteiger partial charge is 0.490 e. The summed E-state index contributed by atoms with van der Waals surface area (Å²) in [6.07, 6.45) is 3.25. The highest BCUT2D eigenvalue weighted by molar-refractivity contribution is 7.91. The number of aromatic amines is 1. The van der Waals surface area contributed by atoms with Crippen LogP contribution in [-0.2, 0) is 9.84 Å². The molecule has 0 unspecified atom stereocenters. The smallest absolute Gasteiger partial charge is 0.178 e. The molecule has 1 aliphatic rings. The number of aliphatic hydroxyl groups is 1. The van der Waals surface area contributed by atoms with Crippen LogP contribution in [0.3, 0.4) is 0 Å². The van der Waals surface area contributed by atoms with Crippen LogP contribution in [0.4, 0.5) is 0 Å². The lowest BCUT2D eigenvalue weighted by Crippen LogP contribution is -2.38. The summed E-state index contributed by atoms with van der Waals surface area (Å²) in [6.45, 7) is 6.76. The Morgan fingerprint density at radius 1 is 1.17 bits per heavy atom. The van der Waals surface area contributed by atoms with Crippen LogP contribution in [-0.4, -0.2) is 66.5 Å². The van der Waals surface area contributed by atoms with E-state index in [4.69, 9.17) is 4.74 Å². The van der Waals surface area contributed by atoms with Gasteiger partial charge in [-0.1, -0.05) is 19.1 Å². The number of benzene rings is 2. The van der Waals surface area contributed by atoms with Crippen molar-refractivity contribution in [2.75, 3.05) is 32.0 Å². The van der Waals surface area contributed by atoms with E-state index in [1.54, 1.807) is 25.1 Å². The Hall–Kier alpha value is -2.94. The van der Waals surface area contributed by atoms with Gasteiger partial charge in [-0.15, -0.1) is 0 Å². The first-order chi connectivity index (χ1) is 16.9. The zero-order valence-electron chi connectivity index (χ0n) is 20.1. The first-order valence-electron chi connectivity index (χ1n) is 12.1. The van der Waals surface area contributed by atoms with Crippen molar-refractivity contribution in [3.05, 3.63) is 54.2 Å². The van der Waals surface area contributed by atoms with Gasteiger partial charge in [0.25, 0.3) is 0 Å². The Labute approximate surface area is 205 Å². The first kappa shape index (κ1) is 23.8. The Kier molecular flexibility index (Phi) is 6.53. The van der Waals surface area contributed by atoms with Gasteiger partial charge in [0, 0.05) is 36.6 Å². The zero-order valence-corrected chi connectivity index (χ0v) is 20.9. The fraction of sp³-hybridized carbons (Fsp3) is 0.370. The number of piperidine rings is 1. The summed E-state index contributed by atoms with van der Waals surface area (Å²) in [6, 6.07) is 13.2. The normalized spacial score (nSPS) is 15.7. The van der Waals surface area contributed by atoms with E-state index in [2.05, 4.69) is 20.9 Å². The van der Waals surface area contributed by atoms with Crippen LogP contribution in [0.25, 0.3) is 33.1 Å². The minimum Gasteiger partial charge on any atom is -0.490 e. The predicted octanol–water partition coefficient (Wildman–Crippen LogP) is 4.32. The van der Waals surface area contributed by atoms with Gasteiger partial charge in [0.15, 0.2) is 9.84 Å². The maximum Gasteiger partial charge on any atom is 0.178 e. The van der Waals surface area contributed by atoms with Crippen molar-refractivity contribution in [1.29, 1.82) is 0 Å². The molecular formula is C27H31N3O4S. The van der Waals surface area contributed by atoms with Gasteiger partial charge in [0.2, 0.25) is 0 Å². The molecular weight excluding hydrogens is 462 g/mol. The van der Waals surface area contributed by atoms with E-state index in [-0.39, 0.29) is 11.9 Å². The van der Waals surface area contributed by atoms with Crippen LogP contribution < -0.4 is 4.74 Å². The highest BCUT2D eigenvalue weighted by Gasteiger charge is 2.19. The molecule has 184 valence electrons. The summed E-state index contributed by atoms with van der Waals surface area (Å²) < 4.78 is 31.3. The Morgan fingerprint density at radius 3 is 2.74 bits per heavy atom. The van der Waals surface area contributed by atoms with Gasteiger partial charge in [0.05, 0.1) is 22.3 Å². The number of aryl methyl sites for hydroxylation is 1. The third-order valence-electron chi connectivity index (χ3n) is 6.81. The lowest BCUT2D eigenvalue weighted by atomic mass is 9.99. The molecule has 0 bridgehead atoms. The molecule has 2 aromatic heterocycles. The second kappa shape index (κ2) is 9.60. The summed E-state index contributed by atoms with van der Waals surface area (Å²) in [5.74, 6) is 0.805. The summed E-state index contributed by atoms with van der Waals surface area (Å²) in [7, 11) is -3.32. The average molecular weight is 494 g/mol. The summed E-state index contributed by atoms with van der Waals surface area (Å²) >= 11 is 0. The number of ether oxygens (including phenoxy) is 1. The third kappa shape index (κ3) is 4.78. The minimum atomic E-state index is -3.32. The van der Waals surface area contributed by atoms with Gasteiger partial charge in [-0.05, 0) is 66.8 Å². The number of aliphatic hydroxyl groups excluding tert-OH is 1. The molecule has 5 rings (SSSR count). The summed E-state index contributed by atoms with van der Waals surface area (Å²) in [5, 5.41) is 11.7. The molecule has 1 saturated heterocycles. The number of pyridine rings is 1. The van der Waals surface area contributed by atoms with Gasteiger partial charge < -0.3 is 14.8 Å². The number of aromatic nitrogens is 2. The molecule has 2 aromatic carbocycles. The number of likely N-dealkylation sites (tertiary alicyclic amines) is 1. The molecule has 0 atom stereocenters. The molecule has 3 heterocycles. The van der Waals surface area contributed by atoms with Crippen LogP contribution in [0, 0.1) is 6.92 Å². The number of hydrogen-bond donors (Lipinski definition) is 2. The van der Waals surface area contributed by atoms with Crippen molar-refractivity contribution >= 4 is 31.8 Å². The Bertz CT molecular complexity index is 1470. The molecule has 0 amide bonds. The van der Waals surface area contributed by atoms with Crippen molar-refractivity contribution in [2.24, 2.45) is 0 Å². The second-order valence-electron chi connectivity index (χ2n) is 9.25. The van der Waals surface area contributed by atoms with Crippen LogP contribution >= 0.6 is 0 Å². The van der Waals surface area contributed by atoms with E-state index in [0.717, 1.165) is 76.9 Å². The molecule has 2 N–H and O–H groups in total. The summed E-state index contributed by atoms with van der Waals surface area (Å²) in [5.41, 5.74) is 4.44. The zero-order chi connectivity index (χ0) is 24.6. The molecule has 1 aliphatic heterocycles.